The second-order valence-corrected chi connectivity index (χ2v) is 6.46. The molecule has 0 fully saturated rings. The van der Waals surface area contributed by atoms with Crippen LogP contribution in [0.15, 0.2) is 6.07 Å². The Balaban J connectivity index is 2.02. The molecule has 0 radical (unpaired) electrons. The van der Waals surface area contributed by atoms with Crippen molar-refractivity contribution in [2.45, 2.75) is 20.4 Å². The van der Waals surface area contributed by atoms with Crippen molar-refractivity contribution >= 4 is 39.5 Å². The maximum Gasteiger partial charge on any atom is 0.265 e. The van der Waals surface area contributed by atoms with Crippen molar-refractivity contribution in [2.75, 3.05) is 18.1 Å². The Morgan fingerprint density at radius 2 is 2.16 bits per heavy atom. The lowest BCUT2D eigenvalue weighted by Gasteiger charge is -2.01. The Kier molecular flexibility index (Phi) is 4.06. The number of hydrogen-bond donors (Lipinski definition) is 3. The average Bonchev–Trinajstić information content (AvgIpc) is 2.90. The first-order valence-electron chi connectivity index (χ1n) is 5.79. The van der Waals surface area contributed by atoms with Gasteiger partial charge in [0.15, 0.2) is 5.13 Å². The molecule has 7 heteroatoms. The maximum atomic E-state index is 12.0. The Labute approximate surface area is 119 Å². The molecule has 2 aromatic rings. The normalized spacial score (nSPS) is 10.5. The maximum absolute atomic E-state index is 12.0. The molecule has 0 atom stereocenters. The molecule has 2 rings (SSSR count). The van der Waals surface area contributed by atoms with Crippen LogP contribution in [0.2, 0.25) is 0 Å². The van der Waals surface area contributed by atoms with Gasteiger partial charge in [-0.25, -0.2) is 4.98 Å². The summed E-state index contributed by atoms with van der Waals surface area (Å²) < 4.78 is 0. The van der Waals surface area contributed by atoms with Gasteiger partial charge in [0, 0.05) is 16.8 Å². The summed E-state index contributed by atoms with van der Waals surface area (Å²) in [7, 11) is 1.75. The zero-order valence-electron chi connectivity index (χ0n) is 11.0. The molecule has 0 saturated carbocycles. The van der Waals surface area contributed by atoms with Gasteiger partial charge in [-0.3, -0.25) is 4.79 Å². The van der Waals surface area contributed by atoms with E-state index in [9.17, 15) is 4.79 Å². The van der Waals surface area contributed by atoms with Crippen LogP contribution in [0.3, 0.4) is 0 Å². The van der Waals surface area contributed by atoms with Gasteiger partial charge in [0.2, 0.25) is 0 Å². The third kappa shape index (κ3) is 3.05. The van der Waals surface area contributed by atoms with Gasteiger partial charge >= 0.3 is 0 Å². The molecule has 0 aromatic carbocycles. The first-order chi connectivity index (χ1) is 9.01. The largest absolute Gasteiger partial charge is 0.382 e. The number of amides is 1. The number of nitrogens with two attached hydrogens (primary N) is 1. The van der Waals surface area contributed by atoms with Gasteiger partial charge in [-0.15, -0.1) is 11.3 Å². The van der Waals surface area contributed by atoms with Crippen LogP contribution < -0.4 is 16.4 Å². The molecule has 0 aliphatic rings. The van der Waals surface area contributed by atoms with Crippen LogP contribution >= 0.6 is 22.7 Å². The van der Waals surface area contributed by atoms with Crippen molar-refractivity contribution in [2.24, 2.45) is 0 Å². The molecule has 0 bridgehead atoms. The number of aromatic nitrogens is 1. The van der Waals surface area contributed by atoms with Gasteiger partial charge in [0.25, 0.3) is 5.91 Å². The highest BCUT2D eigenvalue weighted by Crippen LogP contribution is 2.25. The number of carbonyl (C=O) groups is 1. The fourth-order valence-corrected chi connectivity index (χ4v) is 3.33. The highest BCUT2D eigenvalue weighted by molar-refractivity contribution is 7.18. The molecule has 1 amide bonds. The molecule has 0 spiro atoms. The van der Waals surface area contributed by atoms with E-state index >= 15 is 0 Å². The minimum Gasteiger partial charge on any atom is -0.382 e. The zero-order valence-corrected chi connectivity index (χ0v) is 12.7. The van der Waals surface area contributed by atoms with Crippen molar-refractivity contribution in [3.63, 3.8) is 0 Å². The predicted octanol–water partition coefficient (Wildman–Crippen LogP) is 2.38. The van der Waals surface area contributed by atoms with E-state index < -0.39 is 0 Å². The lowest BCUT2D eigenvalue weighted by Crippen LogP contribution is -2.22. The summed E-state index contributed by atoms with van der Waals surface area (Å²) in [6.07, 6.45) is 0. The molecule has 19 heavy (non-hydrogen) atoms. The topological polar surface area (TPSA) is 80.0 Å². The summed E-state index contributed by atoms with van der Waals surface area (Å²) in [5.74, 6) is 0.0885. The third-order valence-corrected chi connectivity index (χ3v) is 4.95. The van der Waals surface area contributed by atoms with Gasteiger partial charge in [0.1, 0.15) is 10.7 Å². The van der Waals surface area contributed by atoms with Crippen LogP contribution in [0.5, 0.6) is 0 Å². The second kappa shape index (κ2) is 5.58. The number of nitrogen functional groups attached to an aromatic ring is 1. The number of aryl methyl sites for hydroxylation is 2. The Morgan fingerprint density at radius 3 is 2.68 bits per heavy atom. The van der Waals surface area contributed by atoms with Gasteiger partial charge < -0.3 is 16.4 Å². The average molecular weight is 296 g/mol. The lowest BCUT2D eigenvalue weighted by molar-refractivity contribution is 0.0956. The van der Waals surface area contributed by atoms with E-state index in [2.05, 4.69) is 35.5 Å². The van der Waals surface area contributed by atoms with E-state index in [-0.39, 0.29) is 11.7 Å². The van der Waals surface area contributed by atoms with Crippen molar-refractivity contribution in [1.29, 1.82) is 0 Å². The highest BCUT2D eigenvalue weighted by Gasteiger charge is 2.15. The summed E-state index contributed by atoms with van der Waals surface area (Å²) in [6.45, 7) is 4.66. The molecule has 0 unspecified atom stereocenters. The number of rotatable bonds is 4. The summed E-state index contributed by atoms with van der Waals surface area (Å²) in [4.78, 5) is 18.9. The number of carbonyl (C=O) groups excluding carboxylic acids is 1. The Hall–Kier alpha value is -1.60. The summed E-state index contributed by atoms with van der Waals surface area (Å²) in [6, 6.07) is 2.09. The summed E-state index contributed by atoms with van der Waals surface area (Å²) >= 11 is 2.95. The lowest BCUT2D eigenvalue weighted by atomic mass is 10.3. The quantitative estimate of drug-likeness (QED) is 0.809. The van der Waals surface area contributed by atoms with E-state index in [0.29, 0.717) is 16.6 Å². The van der Waals surface area contributed by atoms with Crippen molar-refractivity contribution in [3.8, 4) is 0 Å². The van der Waals surface area contributed by atoms with Crippen LogP contribution in [-0.4, -0.2) is 17.9 Å². The Bertz CT molecular complexity index is 583. The highest BCUT2D eigenvalue weighted by atomic mass is 32.1. The van der Waals surface area contributed by atoms with Crippen LogP contribution in [-0.2, 0) is 6.54 Å². The molecule has 0 aliphatic carbocycles. The number of hydrogen-bond acceptors (Lipinski definition) is 6. The van der Waals surface area contributed by atoms with E-state index in [1.165, 1.54) is 21.8 Å². The Morgan fingerprint density at radius 1 is 1.42 bits per heavy atom. The van der Waals surface area contributed by atoms with E-state index in [0.717, 1.165) is 4.88 Å². The number of anilines is 2. The van der Waals surface area contributed by atoms with E-state index in [1.807, 2.05) is 0 Å². The minimum atomic E-state index is -0.180. The molecule has 2 heterocycles. The van der Waals surface area contributed by atoms with Crippen LogP contribution in [0, 0.1) is 13.8 Å². The monoisotopic (exact) mass is 296 g/mol. The second-order valence-electron chi connectivity index (χ2n) is 4.12. The molecule has 2 aromatic heterocycles. The molecule has 102 valence electrons. The molecular weight excluding hydrogens is 280 g/mol. The summed E-state index contributed by atoms with van der Waals surface area (Å²) in [5, 5.41) is 6.39. The number of nitrogens with zero attached hydrogens (tertiary/aromatic N) is 1. The van der Waals surface area contributed by atoms with Gasteiger partial charge in [-0.2, -0.15) is 0 Å². The minimum absolute atomic E-state index is 0.180. The fraction of sp³-hybridized carbons (Fsp3) is 0.333. The molecule has 0 saturated heterocycles. The summed E-state index contributed by atoms with van der Waals surface area (Å²) in [5.41, 5.74) is 6.97. The van der Waals surface area contributed by atoms with Crippen molar-refractivity contribution in [3.05, 3.63) is 26.3 Å². The van der Waals surface area contributed by atoms with Crippen molar-refractivity contribution < 1.29 is 4.79 Å². The van der Waals surface area contributed by atoms with Crippen molar-refractivity contribution in [1.82, 2.24) is 10.3 Å². The van der Waals surface area contributed by atoms with Crippen LogP contribution in [0.4, 0.5) is 10.9 Å². The van der Waals surface area contributed by atoms with E-state index in [1.54, 1.807) is 18.4 Å². The number of thiazole rings is 1. The van der Waals surface area contributed by atoms with Gasteiger partial charge in [-0.1, -0.05) is 11.3 Å². The fourth-order valence-electron chi connectivity index (χ4n) is 1.59. The standard InChI is InChI=1S/C12H16N4OS2/c1-6-4-8(18-7(6)2)5-15-11(17)9-10(13)16-12(14-3)19-9/h4H,5,13H2,1-3H3,(H,14,16)(H,15,17). The molecule has 5 nitrogen and oxygen atoms in total. The first kappa shape index (κ1) is 13.8. The predicted molar refractivity (Wildman–Crippen MR) is 81.0 cm³/mol. The smallest absolute Gasteiger partial charge is 0.265 e. The number of thiophene rings is 1. The van der Waals surface area contributed by atoms with Crippen LogP contribution in [0.1, 0.15) is 25.0 Å². The third-order valence-electron chi connectivity index (χ3n) is 2.71. The molecule has 0 aliphatic heterocycles. The first-order valence-corrected chi connectivity index (χ1v) is 7.42. The van der Waals surface area contributed by atoms with Crippen LogP contribution in [0.25, 0.3) is 0 Å². The van der Waals surface area contributed by atoms with Gasteiger partial charge in [-0.05, 0) is 25.5 Å². The SMILES string of the molecule is CNc1nc(N)c(C(=O)NCc2cc(C)c(C)s2)s1. The number of nitrogens with one attached hydrogen (secondary N) is 2. The van der Waals surface area contributed by atoms with Gasteiger partial charge in [0.05, 0.1) is 6.54 Å². The molecular formula is C12H16N4OS2. The zero-order chi connectivity index (χ0) is 14.0. The van der Waals surface area contributed by atoms with E-state index in [4.69, 9.17) is 5.73 Å². The molecule has 4 N–H and O–H groups in total.